The average molecular weight is 583 g/mol. The van der Waals surface area contributed by atoms with Crippen LogP contribution in [0.15, 0.2) is 54.6 Å². The normalized spacial score (nSPS) is 14.2. The van der Waals surface area contributed by atoms with Gasteiger partial charge in [0.15, 0.2) is 11.5 Å². The van der Waals surface area contributed by atoms with E-state index in [-0.39, 0.29) is 23.7 Å². The lowest BCUT2D eigenvalue weighted by Gasteiger charge is -2.15. The first-order valence-electron chi connectivity index (χ1n) is 10.2. The summed E-state index contributed by atoms with van der Waals surface area (Å²) in [5.41, 5.74) is 1.33. The maximum absolute atomic E-state index is 13.1. The fourth-order valence-corrected chi connectivity index (χ4v) is 4.27. The molecule has 3 aromatic rings. The zero-order valence-electron chi connectivity index (χ0n) is 17.8. The SMILES string of the molecule is CCOc1cc(/C=C2\C(=O)Nc3cc(C(F)(F)F)ccc32)cc(I)c1OCc1ccc(F)cc1. The summed E-state index contributed by atoms with van der Waals surface area (Å²) >= 11 is 2.08. The fraction of sp³-hybridized carbons (Fsp3) is 0.160. The molecule has 34 heavy (non-hydrogen) atoms. The molecule has 0 radical (unpaired) electrons. The van der Waals surface area contributed by atoms with E-state index in [2.05, 4.69) is 27.9 Å². The second-order valence-corrected chi connectivity index (χ2v) is 8.61. The first kappa shape index (κ1) is 24.1. The quantitative estimate of drug-likeness (QED) is 0.195. The number of hydrogen-bond acceptors (Lipinski definition) is 3. The Hall–Kier alpha value is -3.08. The zero-order valence-corrected chi connectivity index (χ0v) is 20.0. The van der Waals surface area contributed by atoms with Crippen molar-refractivity contribution in [3.8, 4) is 11.5 Å². The summed E-state index contributed by atoms with van der Waals surface area (Å²) in [6.07, 6.45) is -2.90. The minimum Gasteiger partial charge on any atom is -0.490 e. The molecule has 1 aliphatic rings. The van der Waals surface area contributed by atoms with E-state index in [9.17, 15) is 22.4 Å². The third-order valence-electron chi connectivity index (χ3n) is 5.07. The van der Waals surface area contributed by atoms with Gasteiger partial charge >= 0.3 is 6.18 Å². The Balaban J connectivity index is 1.65. The number of alkyl halides is 3. The molecule has 1 aliphatic heterocycles. The standard InChI is InChI=1S/C25H18F4INO3/c1-2-33-22-11-15(10-20(30)23(22)34-13-14-3-6-17(26)7-4-14)9-19-18-8-5-16(25(27,28)29)12-21(18)31-24(19)32/h3-12H,2,13H2,1H3,(H,31,32)/b19-9-. The van der Waals surface area contributed by atoms with Crippen LogP contribution in [0.5, 0.6) is 11.5 Å². The molecule has 3 aromatic carbocycles. The predicted octanol–water partition coefficient (Wildman–Crippen LogP) is 6.92. The molecular formula is C25H18F4INO3. The Morgan fingerprint density at radius 1 is 1.03 bits per heavy atom. The summed E-state index contributed by atoms with van der Waals surface area (Å²) in [6, 6.07) is 12.6. The highest BCUT2D eigenvalue weighted by molar-refractivity contribution is 14.1. The highest BCUT2D eigenvalue weighted by Crippen LogP contribution is 2.40. The van der Waals surface area contributed by atoms with Crippen LogP contribution in [0.2, 0.25) is 0 Å². The number of carbonyl (C=O) groups is 1. The van der Waals surface area contributed by atoms with Gasteiger partial charge in [-0.25, -0.2) is 4.39 Å². The van der Waals surface area contributed by atoms with Gasteiger partial charge in [-0.05, 0) is 83.1 Å². The van der Waals surface area contributed by atoms with Gasteiger partial charge in [0, 0.05) is 16.8 Å². The smallest absolute Gasteiger partial charge is 0.416 e. The summed E-state index contributed by atoms with van der Waals surface area (Å²) in [6.45, 7) is 2.39. The molecule has 1 N–H and O–H groups in total. The number of nitrogens with one attached hydrogen (secondary N) is 1. The minimum absolute atomic E-state index is 0.116. The number of hydrogen-bond donors (Lipinski definition) is 1. The lowest BCUT2D eigenvalue weighted by Crippen LogP contribution is -2.06. The molecule has 0 saturated heterocycles. The van der Waals surface area contributed by atoms with Crippen molar-refractivity contribution in [3.63, 3.8) is 0 Å². The Labute approximate surface area is 206 Å². The van der Waals surface area contributed by atoms with Crippen LogP contribution in [0.4, 0.5) is 23.2 Å². The largest absolute Gasteiger partial charge is 0.490 e. The van der Waals surface area contributed by atoms with E-state index < -0.39 is 17.6 Å². The topological polar surface area (TPSA) is 47.6 Å². The molecule has 0 spiro atoms. The van der Waals surface area contributed by atoms with Crippen LogP contribution in [-0.4, -0.2) is 12.5 Å². The number of rotatable bonds is 6. The maximum Gasteiger partial charge on any atom is 0.416 e. The number of amides is 1. The molecule has 4 rings (SSSR count). The molecule has 1 heterocycles. The summed E-state index contributed by atoms with van der Waals surface area (Å²) in [5, 5.41) is 2.50. The molecular weight excluding hydrogens is 565 g/mol. The molecule has 4 nitrogen and oxygen atoms in total. The molecule has 0 saturated carbocycles. The van der Waals surface area contributed by atoms with Gasteiger partial charge in [-0.2, -0.15) is 13.2 Å². The number of anilines is 1. The second-order valence-electron chi connectivity index (χ2n) is 7.45. The van der Waals surface area contributed by atoms with Crippen molar-refractivity contribution >= 4 is 45.8 Å². The summed E-state index contributed by atoms with van der Waals surface area (Å²) in [5.74, 6) is 0.131. The van der Waals surface area contributed by atoms with Gasteiger partial charge in [0.05, 0.1) is 15.7 Å². The van der Waals surface area contributed by atoms with Gasteiger partial charge in [-0.1, -0.05) is 18.2 Å². The zero-order chi connectivity index (χ0) is 24.5. The Bertz CT molecular complexity index is 1270. The first-order valence-corrected chi connectivity index (χ1v) is 11.3. The molecule has 9 heteroatoms. The van der Waals surface area contributed by atoms with E-state index in [0.717, 1.165) is 17.7 Å². The molecule has 0 bridgehead atoms. The maximum atomic E-state index is 13.1. The summed E-state index contributed by atoms with van der Waals surface area (Å²) in [4.78, 5) is 12.5. The summed E-state index contributed by atoms with van der Waals surface area (Å²) in [7, 11) is 0. The van der Waals surface area contributed by atoms with Crippen molar-refractivity contribution in [3.05, 3.63) is 86.2 Å². The molecule has 1 amide bonds. The van der Waals surface area contributed by atoms with E-state index in [1.54, 1.807) is 30.3 Å². The van der Waals surface area contributed by atoms with E-state index >= 15 is 0 Å². The molecule has 0 fully saturated rings. The lowest BCUT2D eigenvalue weighted by molar-refractivity contribution is -0.137. The summed E-state index contributed by atoms with van der Waals surface area (Å²) < 4.78 is 64.6. The Morgan fingerprint density at radius 3 is 2.44 bits per heavy atom. The van der Waals surface area contributed by atoms with Gasteiger partial charge in [-0.15, -0.1) is 0 Å². The van der Waals surface area contributed by atoms with Crippen molar-refractivity contribution in [2.45, 2.75) is 19.7 Å². The first-order chi connectivity index (χ1) is 16.2. The van der Waals surface area contributed by atoms with E-state index in [4.69, 9.17) is 9.47 Å². The van der Waals surface area contributed by atoms with Gasteiger partial charge in [-0.3, -0.25) is 4.79 Å². The van der Waals surface area contributed by atoms with E-state index in [1.165, 1.54) is 18.2 Å². The van der Waals surface area contributed by atoms with Crippen molar-refractivity contribution in [2.75, 3.05) is 11.9 Å². The van der Waals surface area contributed by atoms with Crippen LogP contribution in [0.3, 0.4) is 0 Å². The molecule has 0 atom stereocenters. The third kappa shape index (κ3) is 5.19. The van der Waals surface area contributed by atoms with Crippen LogP contribution in [-0.2, 0) is 17.6 Å². The van der Waals surface area contributed by atoms with Crippen LogP contribution in [0.1, 0.15) is 29.2 Å². The average Bonchev–Trinajstić information content (AvgIpc) is 3.08. The van der Waals surface area contributed by atoms with Crippen LogP contribution in [0.25, 0.3) is 11.6 Å². The number of carbonyl (C=O) groups excluding carboxylic acids is 1. The van der Waals surface area contributed by atoms with Crippen molar-refractivity contribution < 1.29 is 31.8 Å². The monoisotopic (exact) mass is 583 g/mol. The number of ether oxygens (including phenoxy) is 2. The van der Waals surface area contributed by atoms with Gasteiger partial charge in [0.2, 0.25) is 0 Å². The van der Waals surface area contributed by atoms with Crippen LogP contribution < -0.4 is 14.8 Å². The van der Waals surface area contributed by atoms with Crippen molar-refractivity contribution in [2.24, 2.45) is 0 Å². The molecule has 0 aromatic heterocycles. The van der Waals surface area contributed by atoms with E-state index in [0.29, 0.717) is 32.8 Å². The highest BCUT2D eigenvalue weighted by atomic mass is 127. The number of halogens is 5. The Morgan fingerprint density at radius 2 is 1.76 bits per heavy atom. The van der Waals surface area contributed by atoms with Gasteiger partial charge in [0.25, 0.3) is 5.91 Å². The van der Waals surface area contributed by atoms with Crippen molar-refractivity contribution in [1.82, 2.24) is 0 Å². The molecule has 176 valence electrons. The molecule has 0 unspecified atom stereocenters. The number of benzene rings is 3. The van der Waals surface area contributed by atoms with Crippen molar-refractivity contribution in [1.29, 1.82) is 0 Å². The van der Waals surface area contributed by atoms with Gasteiger partial charge < -0.3 is 14.8 Å². The Kier molecular flexibility index (Phi) is 6.83. The van der Waals surface area contributed by atoms with Crippen LogP contribution in [0, 0.1) is 9.39 Å². The second kappa shape index (κ2) is 9.65. The number of fused-ring (bicyclic) bond motifs is 1. The fourth-order valence-electron chi connectivity index (χ4n) is 3.49. The highest BCUT2D eigenvalue weighted by Gasteiger charge is 2.33. The predicted molar refractivity (Wildman–Crippen MR) is 129 cm³/mol. The lowest BCUT2D eigenvalue weighted by atomic mass is 10.0. The molecule has 0 aliphatic carbocycles. The van der Waals surface area contributed by atoms with E-state index in [1.807, 2.05) is 6.92 Å². The minimum atomic E-state index is -4.50. The van der Waals surface area contributed by atoms with Gasteiger partial charge in [0.1, 0.15) is 12.4 Å². The van der Waals surface area contributed by atoms with Crippen LogP contribution >= 0.6 is 22.6 Å². The third-order valence-corrected chi connectivity index (χ3v) is 5.87.